The molecule has 1 rings (SSSR count). The maximum atomic E-state index is 12.2. The van der Waals surface area contributed by atoms with Gasteiger partial charge < -0.3 is 5.11 Å². The van der Waals surface area contributed by atoms with E-state index in [0.717, 1.165) is 24.3 Å². The summed E-state index contributed by atoms with van der Waals surface area (Å²) in [7, 11) is 0. The summed E-state index contributed by atoms with van der Waals surface area (Å²) in [5.41, 5.74) is -0.690. The van der Waals surface area contributed by atoms with E-state index in [1.165, 1.54) is 0 Å². The largest absolute Gasteiger partial charge is 0.416 e. The average Bonchev–Trinajstić information content (AvgIpc) is 2.27. The number of aliphatic hydroxyl groups is 1. The van der Waals surface area contributed by atoms with Gasteiger partial charge in [0, 0.05) is 6.42 Å². The summed E-state index contributed by atoms with van der Waals surface area (Å²) in [6.45, 7) is -1.20. The number of carbonyl (C=O) groups excluding carboxylic acids is 1. The first-order chi connectivity index (χ1) is 7.84. The second kappa shape index (κ2) is 5.27. The van der Waals surface area contributed by atoms with Crippen LogP contribution >= 0.6 is 0 Å². The first kappa shape index (κ1) is 13.6. The molecule has 17 heavy (non-hydrogen) atoms. The third-order valence-electron chi connectivity index (χ3n) is 2.19. The number of carbonyl (C=O) groups is 1. The summed E-state index contributed by atoms with van der Waals surface area (Å²) < 4.78 is 48.5. The number of aliphatic hydroxyl groups excluding tert-OH is 1. The lowest BCUT2D eigenvalue weighted by atomic mass is 10.0. The van der Waals surface area contributed by atoms with E-state index in [1.807, 2.05) is 0 Å². The summed E-state index contributed by atoms with van der Waals surface area (Å²) in [5.74, 6) is -0.794. The van der Waals surface area contributed by atoms with Crippen molar-refractivity contribution in [1.82, 2.24) is 0 Å². The van der Waals surface area contributed by atoms with Gasteiger partial charge in [-0.05, 0) is 17.7 Å². The van der Waals surface area contributed by atoms with Crippen molar-refractivity contribution in [2.24, 2.45) is 0 Å². The van der Waals surface area contributed by atoms with E-state index in [1.54, 1.807) is 0 Å². The first-order valence-corrected chi connectivity index (χ1v) is 4.77. The lowest BCUT2D eigenvalue weighted by Crippen LogP contribution is -2.09. The van der Waals surface area contributed by atoms with Crippen molar-refractivity contribution in [2.45, 2.75) is 18.7 Å². The van der Waals surface area contributed by atoms with Gasteiger partial charge in [0.2, 0.25) is 0 Å². The Morgan fingerprint density at radius 1 is 1.24 bits per heavy atom. The molecule has 1 aromatic carbocycles. The van der Waals surface area contributed by atoms with Crippen molar-refractivity contribution in [3.8, 4) is 0 Å². The lowest BCUT2D eigenvalue weighted by Gasteiger charge is -2.11. The Morgan fingerprint density at radius 2 is 1.76 bits per heavy atom. The monoisotopic (exact) mass is 250 g/mol. The molecule has 0 aromatic heterocycles. The molecule has 0 heterocycles. The maximum Gasteiger partial charge on any atom is 0.416 e. The number of benzene rings is 1. The average molecular weight is 250 g/mol. The molecule has 2 nitrogen and oxygen atoms in total. The Labute approximate surface area is 94.9 Å². The van der Waals surface area contributed by atoms with Crippen LogP contribution in [0.15, 0.2) is 24.3 Å². The number of Topliss-reactive ketones (excluding diaryl/α,β-unsaturated/α-hetero) is 1. The molecular weight excluding hydrogens is 240 g/mol. The van der Waals surface area contributed by atoms with Crippen LogP contribution in [0, 0.1) is 0 Å². The van der Waals surface area contributed by atoms with Crippen LogP contribution in [0.5, 0.6) is 0 Å². The minimum absolute atomic E-state index is 0.153. The van der Waals surface area contributed by atoms with Gasteiger partial charge in [-0.2, -0.15) is 13.2 Å². The molecule has 1 unspecified atom stereocenters. The van der Waals surface area contributed by atoms with Gasteiger partial charge in [0.1, 0.15) is 6.67 Å². The number of hydrogen-bond donors (Lipinski definition) is 1. The van der Waals surface area contributed by atoms with Crippen LogP contribution in [0.4, 0.5) is 17.6 Å². The van der Waals surface area contributed by atoms with E-state index in [-0.39, 0.29) is 5.56 Å². The van der Waals surface area contributed by atoms with Gasteiger partial charge in [0.05, 0.1) is 11.7 Å². The highest BCUT2D eigenvalue weighted by molar-refractivity contribution is 5.80. The highest BCUT2D eigenvalue weighted by atomic mass is 19.4. The summed E-state index contributed by atoms with van der Waals surface area (Å²) in [4.78, 5) is 10.7. The van der Waals surface area contributed by atoms with Gasteiger partial charge >= 0.3 is 6.18 Å². The van der Waals surface area contributed by atoms with Crippen LogP contribution in [0.1, 0.15) is 23.7 Å². The molecule has 94 valence electrons. The van der Waals surface area contributed by atoms with E-state index in [2.05, 4.69) is 0 Å². The van der Waals surface area contributed by atoms with Crippen LogP contribution in [0.2, 0.25) is 0 Å². The van der Waals surface area contributed by atoms with Gasteiger partial charge in [-0.25, -0.2) is 4.39 Å². The molecule has 0 radical (unpaired) electrons. The fourth-order valence-electron chi connectivity index (χ4n) is 1.28. The number of halogens is 4. The van der Waals surface area contributed by atoms with E-state index in [0.29, 0.717) is 0 Å². The summed E-state index contributed by atoms with van der Waals surface area (Å²) in [5, 5.41) is 9.45. The Bertz CT molecular complexity index is 383. The number of alkyl halides is 4. The van der Waals surface area contributed by atoms with Crippen LogP contribution < -0.4 is 0 Å². The zero-order valence-electron chi connectivity index (χ0n) is 8.67. The van der Waals surface area contributed by atoms with Crippen molar-refractivity contribution in [1.29, 1.82) is 0 Å². The summed E-state index contributed by atoms with van der Waals surface area (Å²) >= 11 is 0. The van der Waals surface area contributed by atoms with Crippen LogP contribution in [0.3, 0.4) is 0 Å². The molecule has 0 aliphatic rings. The van der Waals surface area contributed by atoms with Crippen molar-refractivity contribution in [3.63, 3.8) is 0 Å². The Balaban J connectivity index is 2.77. The van der Waals surface area contributed by atoms with Crippen molar-refractivity contribution in [2.75, 3.05) is 6.67 Å². The predicted octanol–water partition coefficient (Wildman–Crippen LogP) is 2.67. The van der Waals surface area contributed by atoms with Gasteiger partial charge in [-0.3, -0.25) is 4.79 Å². The molecule has 1 atom stereocenters. The van der Waals surface area contributed by atoms with Crippen LogP contribution in [-0.2, 0) is 11.0 Å². The highest BCUT2D eigenvalue weighted by Gasteiger charge is 2.30. The molecule has 0 spiro atoms. The highest BCUT2D eigenvalue weighted by Crippen LogP contribution is 2.30. The molecule has 6 heteroatoms. The zero-order valence-corrected chi connectivity index (χ0v) is 8.67. The second-order valence-electron chi connectivity index (χ2n) is 3.51. The molecule has 1 N–H and O–H groups in total. The quantitative estimate of drug-likeness (QED) is 0.834. The smallest absolute Gasteiger partial charge is 0.388 e. The molecule has 1 aromatic rings. The third-order valence-corrected chi connectivity index (χ3v) is 2.19. The lowest BCUT2D eigenvalue weighted by molar-refractivity contribution is -0.137. The number of ketones is 1. The molecule has 0 aliphatic heterocycles. The molecular formula is C11H10F4O2. The molecule has 0 amide bonds. The SMILES string of the molecule is O=C(CF)CC(O)c1ccc(C(F)(F)F)cc1. The second-order valence-corrected chi connectivity index (χ2v) is 3.51. The van der Waals surface area contributed by atoms with Gasteiger partial charge in [0.25, 0.3) is 0 Å². The molecule has 0 fully saturated rings. The fourth-order valence-corrected chi connectivity index (χ4v) is 1.28. The van der Waals surface area contributed by atoms with Crippen LogP contribution in [0.25, 0.3) is 0 Å². The summed E-state index contributed by atoms with van der Waals surface area (Å²) in [6, 6.07) is 3.74. The Morgan fingerprint density at radius 3 is 2.18 bits per heavy atom. The summed E-state index contributed by atoms with van der Waals surface area (Å²) in [6.07, 6.45) is -6.17. The van der Waals surface area contributed by atoms with E-state index in [9.17, 15) is 27.5 Å². The standard InChI is InChI=1S/C11H10F4O2/c12-6-9(16)5-10(17)7-1-3-8(4-2-7)11(13,14)15/h1-4,10,17H,5-6H2. The zero-order chi connectivity index (χ0) is 13.1. The van der Waals surface area contributed by atoms with Gasteiger partial charge in [-0.1, -0.05) is 12.1 Å². The predicted molar refractivity (Wildman–Crippen MR) is 52.0 cm³/mol. The van der Waals surface area contributed by atoms with Gasteiger partial charge in [0.15, 0.2) is 5.78 Å². The first-order valence-electron chi connectivity index (χ1n) is 4.77. The normalized spacial score (nSPS) is 13.5. The Kier molecular flexibility index (Phi) is 4.22. The molecule has 0 bridgehead atoms. The van der Waals surface area contributed by atoms with Crippen molar-refractivity contribution in [3.05, 3.63) is 35.4 Å². The van der Waals surface area contributed by atoms with Crippen LogP contribution in [-0.4, -0.2) is 17.6 Å². The number of rotatable bonds is 4. The molecule has 0 aliphatic carbocycles. The Hall–Kier alpha value is -1.43. The van der Waals surface area contributed by atoms with E-state index < -0.39 is 36.7 Å². The van der Waals surface area contributed by atoms with E-state index in [4.69, 9.17) is 0 Å². The maximum absolute atomic E-state index is 12.2. The third kappa shape index (κ3) is 3.81. The van der Waals surface area contributed by atoms with Crippen molar-refractivity contribution >= 4 is 5.78 Å². The minimum Gasteiger partial charge on any atom is -0.388 e. The number of hydrogen-bond acceptors (Lipinski definition) is 2. The minimum atomic E-state index is -4.45. The van der Waals surface area contributed by atoms with Gasteiger partial charge in [-0.15, -0.1) is 0 Å². The fraction of sp³-hybridized carbons (Fsp3) is 0.364. The topological polar surface area (TPSA) is 37.3 Å². The van der Waals surface area contributed by atoms with Crippen molar-refractivity contribution < 1.29 is 27.5 Å². The van der Waals surface area contributed by atoms with E-state index >= 15 is 0 Å². The molecule has 0 saturated heterocycles. The molecule has 0 saturated carbocycles.